The molecule has 0 unspecified atom stereocenters. The maximum absolute atomic E-state index is 11.1. The number of aromatic nitrogens is 3. The number of anilines is 1. The van der Waals surface area contributed by atoms with Crippen LogP contribution in [0.3, 0.4) is 0 Å². The van der Waals surface area contributed by atoms with Gasteiger partial charge >= 0.3 is 6.09 Å². The van der Waals surface area contributed by atoms with Crippen LogP contribution in [-0.2, 0) is 12.0 Å². The Bertz CT molecular complexity index is 909. The SMILES string of the molecule is CC(C)(C)c1c(CO)nc(NC(=O)O)c2nc3ccccc3n12. The van der Waals surface area contributed by atoms with E-state index in [4.69, 9.17) is 5.11 Å². The van der Waals surface area contributed by atoms with Gasteiger partial charge in [-0.2, -0.15) is 0 Å². The monoisotopic (exact) mass is 314 g/mol. The van der Waals surface area contributed by atoms with Gasteiger partial charge in [0.25, 0.3) is 0 Å². The van der Waals surface area contributed by atoms with E-state index >= 15 is 0 Å². The number of rotatable bonds is 2. The van der Waals surface area contributed by atoms with Gasteiger partial charge in [0.15, 0.2) is 11.5 Å². The normalized spacial score (nSPS) is 12.0. The van der Waals surface area contributed by atoms with Crippen molar-refractivity contribution < 1.29 is 15.0 Å². The molecule has 3 aromatic rings. The summed E-state index contributed by atoms with van der Waals surface area (Å²) in [6, 6.07) is 7.54. The van der Waals surface area contributed by atoms with E-state index in [9.17, 15) is 9.90 Å². The predicted molar refractivity (Wildman–Crippen MR) is 86.8 cm³/mol. The molecule has 23 heavy (non-hydrogen) atoms. The van der Waals surface area contributed by atoms with Crippen molar-refractivity contribution in [3.05, 3.63) is 35.7 Å². The molecule has 7 nitrogen and oxygen atoms in total. The summed E-state index contributed by atoms with van der Waals surface area (Å²) in [5.41, 5.74) is 2.93. The standard InChI is InChI=1S/C16H18N4O3/c1-16(2,3)12-10(8-21)17-13(19-15(22)23)14-18-9-6-4-5-7-11(9)20(12)14/h4-7,21H,8H2,1-3H3,(H,17,19)(H,22,23). The summed E-state index contributed by atoms with van der Waals surface area (Å²) >= 11 is 0. The molecule has 0 saturated heterocycles. The smallest absolute Gasteiger partial charge is 0.410 e. The summed E-state index contributed by atoms with van der Waals surface area (Å²) < 4.78 is 1.87. The van der Waals surface area contributed by atoms with Crippen LogP contribution in [-0.4, -0.2) is 30.7 Å². The van der Waals surface area contributed by atoms with Gasteiger partial charge in [0.05, 0.1) is 29.0 Å². The Morgan fingerprint density at radius 2 is 1.96 bits per heavy atom. The van der Waals surface area contributed by atoms with E-state index in [1.165, 1.54) is 0 Å². The van der Waals surface area contributed by atoms with Crippen LogP contribution in [0.1, 0.15) is 32.2 Å². The van der Waals surface area contributed by atoms with Crippen molar-refractivity contribution in [1.29, 1.82) is 0 Å². The number of nitrogens with one attached hydrogen (secondary N) is 1. The van der Waals surface area contributed by atoms with Gasteiger partial charge in [0.1, 0.15) is 0 Å². The van der Waals surface area contributed by atoms with E-state index < -0.39 is 6.09 Å². The van der Waals surface area contributed by atoms with Crippen molar-refractivity contribution in [2.24, 2.45) is 0 Å². The number of fused-ring (bicyclic) bond motifs is 3. The minimum atomic E-state index is -1.22. The van der Waals surface area contributed by atoms with Crippen molar-refractivity contribution >= 4 is 28.6 Å². The lowest BCUT2D eigenvalue weighted by Crippen LogP contribution is -2.22. The fraction of sp³-hybridized carbons (Fsp3) is 0.312. The Morgan fingerprint density at radius 1 is 1.26 bits per heavy atom. The van der Waals surface area contributed by atoms with Crippen molar-refractivity contribution in [2.45, 2.75) is 32.8 Å². The number of imidazole rings is 1. The highest BCUT2D eigenvalue weighted by atomic mass is 16.4. The van der Waals surface area contributed by atoms with E-state index in [0.717, 1.165) is 16.7 Å². The van der Waals surface area contributed by atoms with Gasteiger partial charge in [-0.3, -0.25) is 9.72 Å². The Kier molecular flexibility index (Phi) is 3.45. The lowest BCUT2D eigenvalue weighted by molar-refractivity contribution is 0.209. The molecule has 0 radical (unpaired) electrons. The van der Waals surface area contributed by atoms with Gasteiger partial charge in [0.2, 0.25) is 0 Å². The number of hydrogen-bond acceptors (Lipinski definition) is 4. The van der Waals surface area contributed by atoms with Gasteiger partial charge in [-0.1, -0.05) is 32.9 Å². The molecule has 0 spiro atoms. The molecule has 0 atom stereocenters. The first kappa shape index (κ1) is 15.2. The quantitative estimate of drug-likeness (QED) is 0.675. The average Bonchev–Trinajstić information content (AvgIpc) is 2.84. The van der Waals surface area contributed by atoms with E-state index in [2.05, 4.69) is 15.3 Å². The van der Waals surface area contributed by atoms with Crippen LogP contribution >= 0.6 is 0 Å². The highest BCUT2D eigenvalue weighted by Gasteiger charge is 2.26. The topological polar surface area (TPSA) is 99.8 Å². The first-order valence-corrected chi connectivity index (χ1v) is 7.24. The highest BCUT2D eigenvalue weighted by molar-refractivity contribution is 5.91. The van der Waals surface area contributed by atoms with E-state index in [-0.39, 0.29) is 17.8 Å². The third-order valence-corrected chi connectivity index (χ3v) is 3.60. The number of carboxylic acid groups (broad SMARTS) is 1. The third-order valence-electron chi connectivity index (χ3n) is 3.60. The zero-order valence-corrected chi connectivity index (χ0v) is 13.2. The molecule has 0 aliphatic carbocycles. The fourth-order valence-electron chi connectivity index (χ4n) is 2.84. The van der Waals surface area contributed by atoms with Crippen LogP contribution in [0, 0.1) is 0 Å². The second-order valence-electron chi connectivity index (χ2n) is 6.35. The molecular weight excluding hydrogens is 296 g/mol. The molecular formula is C16H18N4O3. The highest BCUT2D eigenvalue weighted by Crippen LogP contribution is 2.32. The summed E-state index contributed by atoms with van der Waals surface area (Å²) in [6.07, 6.45) is -1.22. The van der Waals surface area contributed by atoms with Gasteiger partial charge < -0.3 is 10.2 Å². The Labute approximate surface area is 132 Å². The molecule has 1 amide bonds. The van der Waals surface area contributed by atoms with Crippen molar-refractivity contribution in [2.75, 3.05) is 5.32 Å². The van der Waals surface area contributed by atoms with Crippen LogP contribution in [0.15, 0.2) is 24.3 Å². The number of hydrogen-bond donors (Lipinski definition) is 3. The number of aliphatic hydroxyl groups excluding tert-OH is 1. The van der Waals surface area contributed by atoms with Crippen molar-refractivity contribution in [3.8, 4) is 0 Å². The molecule has 0 aliphatic rings. The maximum atomic E-state index is 11.1. The number of amides is 1. The van der Waals surface area contributed by atoms with Crippen LogP contribution in [0.25, 0.3) is 16.7 Å². The van der Waals surface area contributed by atoms with Crippen molar-refractivity contribution in [1.82, 2.24) is 14.4 Å². The summed E-state index contributed by atoms with van der Waals surface area (Å²) in [5.74, 6) is 0.116. The first-order valence-electron chi connectivity index (χ1n) is 7.24. The van der Waals surface area contributed by atoms with Gasteiger partial charge in [-0.15, -0.1) is 0 Å². The lowest BCUT2D eigenvalue weighted by Gasteiger charge is -2.24. The second kappa shape index (κ2) is 5.20. The molecule has 3 rings (SSSR count). The average molecular weight is 314 g/mol. The Hall–Kier alpha value is -2.67. The molecule has 120 valence electrons. The third kappa shape index (κ3) is 2.49. The molecule has 0 fully saturated rings. The summed E-state index contributed by atoms with van der Waals surface area (Å²) in [7, 11) is 0. The molecule has 2 aromatic heterocycles. The summed E-state index contributed by atoms with van der Waals surface area (Å²) in [4.78, 5) is 19.9. The second-order valence-corrected chi connectivity index (χ2v) is 6.35. The first-order chi connectivity index (χ1) is 10.8. The van der Waals surface area contributed by atoms with Crippen LogP contribution in [0.2, 0.25) is 0 Å². The van der Waals surface area contributed by atoms with E-state index in [1.54, 1.807) is 0 Å². The van der Waals surface area contributed by atoms with Crippen LogP contribution in [0.5, 0.6) is 0 Å². The van der Waals surface area contributed by atoms with Gasteiger partial charge in [-0.25, -0.2) is 14.8 Å². The summed E-state index contributed by atoms with van der Waals surface area (Å²) in [5, 5.41) is 21.1. The summed E-state index contributed by atoms with van der Waals surface area (Å²) in [6.45, 7) is 5.76. The Morgan fingerprint density at radius 3 is 2.57 bits per heavy atom. The number of benzene rings is 1. The molecule has 1 aromatic carbocycles. The molecule has 0 bridgehead atoms. The molecule has 2 heterocycles. The zero-order valence-electron chi connectivity index (χ0n) is 13.2. The van der Waals surface area contributed by atoms with Gasteiger partial charge in [-0.05, 0) is 12.1 Å². The lowest BCUT2D eigenvalue weighted by atomic mass is 9.90. The largest absolute Gasteiger partial charge is 0.465 e. The predicted octanol–water partition coefficient (Wildman–Crippen LogP) is 2.76. The Balaban J connectivity index is 2.52. The minimum Gasteiger partial charge on any atom is -0.465 e. The van der Waals surface area contributed by atoms with E-state index in [0.29, 0.717) is 11.3 Å². The number of carbonyl (C=O) groups is 1. The molecule has 7 heteroatoms. The number of nitrogens with zero attached hydrogens (tertiary/aromatic N) is 3. The number of aliphatic hydroxyl groups is 1. The molecule has 0 saturated carbocycles. The van der Waals surface area contributed by atoms with Crippen LogP contribution in [0.4, 0.5) is 10.6 Å². The fourth-order valence-corrected chi connectivity index (χ4v) is 2.84. The zero-order chi connectivity index (χ0) is 16.8. The molecule has 0 aliphatic heterocycles. The van der Waals surface area contributed by atoms with Crippen molar-refractivity contribution in [3.63, 3.8) is 0 Å². The maximum Gasteiger partial charge on any atom is 0.410 e. The minimum absolute atomic E-state index is 0.116. The van der Waals surface area contributed by atoms with E-state index in [1.807, 2.05) is 49.4 Å². The molecule has 3 N–H and O–H groups in total. The number of para-hydroxylation sites is 2. The van der Waals surface area contributed by atoms with Crippen LogP contribution < -0.4 is 5.32 Å². The van der Waals surface area contributed by atoms with Gasteiger partial charge in [0, 0.05) is 5.41 Å².